The SMILES string of the molecule is CSc1sc(C=NNC(=O)OC(C)(C)C)cc1S(=O)(=O)c1cccc(-c2c(C)cccc2NC(=O)CCCCCCCCCCNC(=O)O)c1. The normalized spacial score (nSPS) is 11.8. The first-order valence-corrected chi connectivity index (χ1v) is 20.2. The van der Waals surface area contributed by atoms with Crippen molar-refractivity contribution in [3.63, 3.8) is 0 Å². The Hall–Kier alpha value is -3.88. The fourth-order valence-corrected chi connectivity index (χ4v) is 9.14. The third-order valence-electron chi connectivity index (χ3n) is 7.49. The number of carboxylic acid groups (broad SMARTS) is 1. The van der Waals surface area contributed by atoms with Crippen LogP contribution in [0.2, 0.25) is 0 Å². The zero-order valence-corrected chi connectivity index (χ0v) is 31.8. The van der Waals surface area contributed by atoms with Crippen LogP contribution >= 0.6 is 23.1 Å². The molecule has 50 heavy (non-hydrogen) atoms. The summed E-state index contributed by atoms with van der Waals surface area (Å²) in [6.07, 6.45) is 9.72. The molecule has 0 aliphatic rings. The number of hydrogen-bond donors (Lipinski definition) is 4. The van der Waals surface area contributed by atoms with E-state index in [9.17, 15) is 22.8 Å². The van der Waals surface area contributed by atoms with Crippen LogP contribution in [-0.2, 0) is 19.4 Å². The molecule has 3 rings (SSSR count). The molecule has 0 saturated heterocycles. The van der Waals surface area contributed by atoms with Gasteiger partial charge in [0.25, 0.3) is 0 Å². The van der Waals surface area contributed by atoms with Gasteiger partial charge in [-0.15, -0.1) is 23.1 Å². The lowest BCUT2D eigenvalue weighted by Crippen LogP contribution is -2.29. The molecule has 0 aliphatic heterocycles. The Kier molecular flexibility index (Phi) is 15.8. The average Bonchev–Trinajstić information content (AvgIpc) is 3.47. The molecule has 0 fully saturated rings. The van der Waals surface area contributed by atoms with Crippen molar-refractivity contribution in [2.24, 2.45) is 5.10 Å². The van der Waals surface area contributed by atoms with Gasteiger partial charge in [0.1, 0.15) is 5.60 Å². The summed E-state index contributed by atoms with van der Waals surface area (Å²) in [6.45, 7) is 7.64. The molecule has 0 aliphatic carbocycles. The summed E-state index contributed by atoms with van der Waals surface area (Å²) in [5, 5.41) is 17.9. The van der Waals surface area contributed by atoms with E-state index in [1.165, 1.54) is 29.3 Å². The molecule has 0 radical (unpaired) electrons. The zero-order valence-electron chi connectivity index (χ0n) is 29.3. The number of benzene rings is 2. The van der Waals surface area contributed by atoms with Crippen LogP contribution in [0.1, 0.15) is 89.0 Å². The number of carbonyl (C=O) groups is 3. The fraction of sp³-hybridized carbons (Fsp3) is 0.444. The Morgan fingerprint density at radius 2 is 1.62 bits per heavy atom. The fourth-order valence-electron chi connectivity index (χ4n) is 5.20. The van der Waals surface area contributed by atoms with Crippen LogP contribution in [-0.4, -0.2) is 56.2 Å². The summed E-state index contributed by atoms with van der Waals surface area (Å²) in [4.78, 5) is 36.2. The smallest absolute Gasteiger partial charge is 0.428 e. The van der Waals surface area contributed by atoms with Crippen molar-refractivity contribution in [3.8, 4) is 11.1 Å². The monoisotopic (exact) mass is 744 g/mol. The molecule has 0 saturated carbocycles. The number of carbonyl (C=O) groups excluding carboxylic acids is 2. The van der Waals surface area contributed by atoms with E-state index in [0.29, 0.717) is 33.3 Å². The van der Waals surface area contributed by atoms with Crippen LogP contribution < -0.4 is 16.1 Å². The van der Waals surface area contributed by atoms with Gasteiger partial charge in [0.05, 0.1) is 20.2 Å². The number of unbranched alkanes of at least 4 members (excludes halogenated alkanes) is 7. The standard InChI is InChI=1S/C36H48N4O7S3/c1-25-16-14-19-29(39-31(41)20-12-10-8-6-7-9-11-13-21-37-34(42)43)32(25)26-17-15-18-28(22-26)50(45,46)30-23-27(49-33(30)48-5)24-38-40-35(44)47-36(2,3)4/h14-19,22-24,37H,6-13,20-21H2,1-5H3,(H,39,41)(H,40,44)(H,42,43). The number of rotatable bonds is 18. The molecule has 0 unspecified atom stereocenters. The maximum absolute atomic E-state index is 14.0. The first-order chi connectivity index (χ1) is 23.7. The summed E-state index contributed by atoms with van der Waals surface area (Å²) >= 11 is 2.56. The van der Waals surface area contributed by atoms with E-state index in [-0.39, 0.29) is 15.7 Å². The van der Waals surface area contributed by atoms with Crippen molar-refractivity contribution in [1.82, 2.24) is 10.7 Å². The van der Waals surface area contributed by atoms with Gasteiger partial charge < -0.3 is 20.5 Å². The molecule has 3 amide bonds. The first kappa shape index (κ1) is 40.5. The van der Waals surface area contributed by atoms with Crippen molar-refractivity contribution in [1.29, 1.82) is 0 Å². The van der Waals surface area contributed by atoms with Gasteiger partial charge in [-0.3, -0.25) is 4.79 Å². The Morgan fingerprint density at radius 3 is 2.28 bits per heavy atom. The maximum atomic E-state index is 14.0. The van der Waals surface area contributed by atoms with Crippen LogP contribution in [0.3, 0.4) is 0 Å². The molecule has 11 nitrogen and oxygen atoms in total. The highest BCUT2D eigenvalue weighted by Crippen LogP contribution is 2.38. The topological polar surface area (TPSA) is 163 Å². The lowest BCUT2D eigenvalue weighted by Gasteiger charge is -2.18. The van der Waals surface area contributed by atoms with Crippen molar-refractivity contribution < 1.29 is 32.6 Å². The molecule has 2 aromatic carbocycles. The van der Waals surface area contributed by atoms with Gasteiger partial charge in [-0.25, -0.2) is 23.4 Å². The highest BCUT2D eigenvalue weighted by atomic mass is 32.2. The number of thiophene rings is 1. The second kappa shape index (κ2) is 19.5. The predicted octanol–water partition coefficient (Wildman–Crippen LogP) is 8.85. The van der Waals surface area contributed by atoms with Crippen molar-refractivity contribution in [2.75, 3.05) is 18.1 Å². The second-order valence-electron chi connectivity index (χ2n) is 12.8. The number of aryl methyl sites for hydroxylation is 1. The van der Waals surface area contributed by atoms with Gasteiger partial charge >= 0.3 is 12.2 Å². The van der Waals surface area contributed by atoms with Gasteiger partial charge in [0, 0.05) is 29.1 Å². The Labute approximate surface area is 303 Å². The minimum atomic E-state index is -3.93. The lowest BCUT2D eigenvalue weighted by molar-refractivity contribution is -0.116. The number of nitrogens with zero attached hydrogens (tertiary/aromatic N) is 1. The van der Waals surface area contributed by atoms with Crippen LogP contribution in [0.5, 0.6) is 0 Å². The molecular weight excluding hydrogens is 697 g/mol. The zero-order chi connectivity index (χ0) is 36.7. The van der Waals surface area contributed by atoms with Crippen LogP contribution in [0, 0.1) is 6.92 Å². The minimum Gasteiger partial charge on any atom is -0.465 e. The first-order valence-electron chi connectivity index (χ1n) is 16.6. The molecule has 3 aromatic rings. The van der Waals surface area contributed by atoms with Crippen molar-refractivity contribution in [3.05, 3.63) is 59.0 Å². The molecule has 272 valence electrons. The lowest BCUT2D eigenvalue weighted by atomic mass is 9.98. The summed E-state index contributed by atoms with van der Waals surface area (Å²) in [7, 11) is -3.93. The van der Waals surface area contributed by atoms with E-state index in [1.807, 2.05) is 31.2 Å². The number of sulfone groups is 1. The third-order valence-corrected chi connectivity index (χ3v) is 11.7. The number of hydrogen-bond acceptors (Lipinski definition) is 9. The summed E-state index contributed by atoms with van der Waals surface area (Å²) in [5.74, 6) is -0.0928. The minimum absolute atomic E-state index is 0.0928. The van der Waals surface area contributed by atoms with Crippen LogP contribution in [0.15, 0.2) is 67.6 Å². The van der Waals surface area contributed by atoms with Gasteiger partial charge in [0.15, 0.2) is 0 Å². The van der Waals surface area contributed by atoms with E-state index in [0.717, 1.165) is 62.5 Å². The van der Waals surface area contributed by atoms with Gasteiger partial charge in [-0.05, 0) is 82.2 Å². The van der Waals surface area contributed by atoms with E-state index in [1.54, 1.807) is 51.3 Å². The maximum Gasteiger partial charge on any atom is 0.428 e. The number of nitrogens with one attached hydrogen (secondary N) is 3. The van der Waals surface area contributed by atoms with Gasteiger partial charge in [-0.2, -0.15) is 5.10 Å². The van der Waals surface area contributed by atoms with E-state index in [2.05, 4.69) is 21.2 Å². The molecule has 0 atom stereocenters. The predicted molar refractivity (Wildman–Crippen MR) is 201 cm³/mol. The Morgan fingerprint density at radius 1 is 0.960 bits per heavy atom. The van der Waals surface area contributed by atoms with Crippen molar-refractivity contribution >= 4 is 62.9 Å². The number of ether oxygens (including phenoxy) is 1. The van der Waals surface area contributed by atoms with Crippen molar-refractivity contribution in [2.45, 2.75) is 105 Å². The number of anilines is 1. The Bertz CT molecular complexity index is 1750. The molecule has 0 spiro atoms. The quantitative estimate of drug-likeness (QED) is 0.0434. The molecule has 1 aromatic heterocycles. The second-order valence-corrected chi connectivity index (χ2v) is 16.8. The number of thioether (sulfide) groups is 1. The molecule has 1 heterocycles. The van der Waals surface area contributed by atoms with E-state index in [4.69, 9.17) is 9.84 Å². The summed E-state index contributed by atoms with van der Waals surface area (Å²) < 4.78 is 33.7. The van der Waals surface area contributed by atoms with E-state index < -0.39 is 27.6 Å². The van der Waals surface area contributed by atoms with Gasteiger partial charge in [-0.1, -0.05) is 62.8 Å². The molecule has 14 heteroatoms. The summed E-state index contributed by atoms with van der Waals surface area (Å²) in [6, 6.07) is 13.9. The third kappa shape index (κ3) is 13.1. The average molecular weight is 745 g/mol. The molecule has 4 N–H and O–H groups in total. The summed E-state index contributed by atoms with van der Waals surface area (Å²) in [5.41, 5.74) is 4.57. The number of amides is 3. The Balaban J connectivity index is 1.65. The number of hydrazone groups is 1. The van der Waals surface area contributed by atoms with Crippen LogP contribution in [0.4, 0.5) is 15.3 Å². The van der Waals surface area contributed by atoms with Crippen LogP contribution in [0.25, 0.3) is 11.1 Å². The highest BCUT2D eigenvalue weighted by Gasteiger charge is 2.25. The largest absolute Gasteiger partial charge is 0.465 e. The molecule has 0 bridgehead atoms. The van der Waals surface area contributed by atoms with Gasteiger partial charge in [0.2, 0.25) is 15.7 Å². The van der Waals surface area contributed by atoms with E-state index >= 15 is 0 Å². The highest BCUT2D eigenvalue weighted by molar-refractivity contribution is 8.01. The molecular formula is C36H48N4O7S3.